The molecule has 4 aromatic rings. The molecule has 0 saturated heterocycles. The first-order valence-corrected chi connectivity index (χ1v) is 9.80. The van der Waals surface area contributed by atoms with Gasteiger partial charge in [0.25, 0.3) is 5.91 Å². The van der Waals surface area contributed by atoms with Crippen LogP contribution in [0.3, 0.4) is 0 Å². The van der Waals surface area contributed by atoms with Gasteiger partial charge < -0.3 is 0 Å². The molecule has 0 radical (unpaired) electrons. The molecule has 0 atom stereocenters. The molecule has 0 aliphatic carbocycles. The lowest BCUT2D eigenvalue weighted by atomic mass is 10.0. The van der Waals surface area contributed by atoms with Crippen LogP contribution < -0.4 is 5.32 Å². The van der Waals surface area contributed by atoms with Crippen molar-refractivity contribution in [2.24, 2.45) is 0 Å². The molecular formula is C20H21N5OS. The Hall–Kier alpha value is -2.80. The van der Waals surface area contributed by atoms with Crippen molar-refractivity contribution < 1.29 is 4.79 Å². The largest absolute Gasteiger partial charge is 0.298 e. The zero-order chi connectivity index (χ0) is 19.1. The van der Waals surface area contributed by atoms with Crippen molar-refractivity contribution >= 4 is 43.6 Å². The Bertz CT molecular complexity index is 1110. The minimum Gasteiger partial charge on any atom is -0.298 e. The average molecular weight is 379 g/mol. The van der Waals surface area contributed by atoms with Crippen molar-refractivity contribution in [2.45, 2.75) is 39.7 Å². The number of pyridine rings is 1. The topological polar surface area (TPSA) is 72.7 Å². The summed E-state index contributed by atoms with van der Waals surface area (Å²) in [6, 6.07) is 9.87. The number of carbonyl (C=O) groups is 1. The van der Waals surface area contributed by atoms with E-state index < -0.39 is 0 Å². The summed E-state index contributed by atoms with van der Waals surface area (Å²) in [5.74, 6) is 0.0191. The Morgan fingerprint density at radius 2 is 1.93 bits per heavy atom. The second-order valence-corrected chi connectivity index (χ2v) is 8.14. The second-order valence-electron chi connectivity index (χ2n) is 7.11. The maximum atomic E-state index is 13.0. The number of nitrogens with one attached hydrogen (secondary N) is 1. The Morgan fingerprint density at radius 1 is 1.15 bits per heavy atom. The predicted molar refractivity (Wildman–Crippen MR) is 110 cm³/mol. The average Bonchev–Trinajstić information content (AvgIpc) is 3.23. The number of benzene rings is 1. The number of thiazole rings is 1. The molecule has 0 bridgehead atoms. The highest BCUT2D eigenvalue weighted by molar-refractivity contribution is 7.22. The van der Waals surface area contributed by atoms with Crippen molar-refractivity contribution in [3.05, 3.63) is 47.8 Å². The van der Waals surface area contributed by atoms with Gasteiger partial charge in [-0.05, 0) is 38.0 Å². The number of para-hydroxylation sites is 1. The number of nitrogens with zero attached hydrogens (tertiary/aromatic N) is 4. The van der Waals surface area contributed by atoms with Gasteiger partial charge in [-0.15, -0.1) is 0 Å². The number of amides is 1. The van der Waals surface area contributed by atoms with E-state index in [0.717, 1.165) is 26.9 Å². The summed E-state index contributed by atoms with van der Waals surface area (Å²) >= 11 is 1.47. The summed E-state index contributed by atoms with van der Waals surface area (Å²) in [6.45, 7) is 8.24. The van der Waals surface area contributed by atoms with Crippen molar-refractivity contribution in [2.75, 3.05) is 5.32 Å². The van der Waals surface area contributed by atoms with E-state index >= 15 is 0 Å². The third kappa shape index (κ3) is 3.19. The molecule has 0 aliphatic heterocycles. The lowest BCUT2D eigenvalue weighted by molar-refractivity contribution is 0.102. The van der Waals surface area contributed by atoms with Crippen molar-refractivity contribution in [3.8, 4) is 0 Å². The predicted octanol–water partition coefficient (Wildman–Crippen LogP) is 5.00. The number of anilines is 1. The third-order valence-electron chi connectivity index (χ3n) is 4.43. The van der Waals surface area contributed by atoms with Gasteiger partial charge in [0.15, 0.2) is 10.8 Å². The van der Waals surface area contributed by atoms with Crippen LogP contribution in [0.5, 0.6) is 0 Å². The van der Waals surface area contributed by atoms with Gasteiger partial charge in [0, 0.05) is 11.7 Å². The summed E-state index contributed by atoms with van der Waals surface area (Å²) < 4.78 is 2.90. The van der Waals surface area contributed by atoms with Gasteiger partial charge in [0.1, 0.15) is 0 Å². The van der Waals surface area contributed by atoms with Gasteiger partial charge in [-0.2, -0.15) is 5.10 Å². The first-order chi connectivity index (χ1) is 12.9. The van der Waals surface area contributed by atoms with E-state index in [9.17, 15) is 4.79 Å². The SMILES string of the molecule is CC(C)c1cc(C(=O)Nc2nc3ccccc3s2)c2cnn(C(C)C)c2n1. The van der Waals surface area contributed by atoms with E-state index in [0.29, 0.717) is 10.7 Å². The second kappa shape index (κ2) is 6.74. The van der Waals surface area contributed by atoms with Crippen LogP contribution >= 0.6 is 11.3 Å². The fraction of sp³-hybridized carbons (Fsp3) is 0.300. The molecule has 27 heavy (non-hydrogen) atoms. The Morgan fingerprint density at radius 3 is 2.63 bits per heavy atom. The van der Waals surface area contributed by atoms with E-state index in [1.54, 1.807) is 6.20 Å². The van der Waals surface area contributed by atoms with E-state index in [2.05, 4.69) is 43.1 Å². The zero-order valence-electron chi connectivity index (χ0n) is 15.7. The molecule has 1 aromatic carbocycles. The molecule has 3 heterocycles. The lowest BCUT2D eigenvalue weighted by Crippen LogP contribution is -2.14. The standard InChI is InChI=1S/C20H21N5OS/c1-11(2)16-9-13(14-10-21-25(12(3)4)18(14)22-16)19(26)24-20-23-15-7-5-6-8-17(15)27-20/h5-12H,1-4H3,(H,23,24,26). The van der Waals surface area contributed by atoms with Crippen LogP contribution in [0, 0.1) is 0 Å². The number of hydrogen-bond acceptors (Lipinski definition) is 5. The molecule has 7 heteroatoms. The first kappa shape index (κ1) is 17.6. The maximum Gasteiger partial charge on any atom is 0.258 e. The fourth-order valence-electron chi connectivity index (χ4n) is 2.99. The van der Waals surface area contributed by atoms with Crippen LogP contribution in [-0.4, -0.2) is 25.7 Å². The monoisotopic (exact) mass is 379 g/mol. The normalized spacial score (nSPS) is 11.8. The van der Waals surface area contributed by atoms with Crippen LogP contribution in [0.1, 0.15) is 55.7 Å². The van der Waals surface area contributed by atoms with Crippen LogP contribution in [0.2, 0.25) is 0 Å². The molecule has 1 N–H and O–H groups in total. The van der Waals surface area contributed by atoms with Crippen LogP contribution in [0.25, 0.3) is 21.3 Å². The van der Waals surface area contributed by atoms with Crippen molar-refractivity contribution in [1.29, 1.82) is 0 Å². The lowest BCUT2D eigenvalue weighted by Gasteiger charge is -2.11. The van der Waals surface area contributed by atoms with Gasteiger partial charge in [0.2, 0.25) is 0 Å². The molecule has 4 rings (SSSR count). The summed E-state index contributed by atoms with van der Waals surface area (Å²) in [5.41, 5.74) is 3.08. The molecule has 138 valence electrons. The van der Waals surface area contributed by atoms with Crippen molar-refractivity contribution in [3.63, 3.8) is 0 Å². The Balaban J connectivity index is 1.78. The fourth-order valence-corrected chi connectivity index (χ4v) is 3.85. The minimum absolute atomic E-state index is 0.164. The summed E-state index contributed by atoms with van der Waals surface area (Å²) in [6.07, 6.45) is 1.72. The molecule has 1 amide bonds. The van der Waals surface area contributed by atoms with Gasteiger partial charge in [-0.1, -0.05) is 37.3 Å². The third-order valence-corrected chi connectivity index (χ3v) is 5.38. The van der Waals surface area contributed by atoms with Gasteiger partial charge in [-0.25, -0.2) is 14.6 Å². The van der Waals surface area contributed by atoms with E-state index in [1.807, 2.05) is 35.0 Å². The molecule has 6 nitrogen and oxygen atoms in total. The van der Waals surface area contributed by atoms with Crippen LogP contribution in [0.4, 0.5) is 5.13 Å². The summed E-state index contributed by atoms with van der Waals surface area (Å²) in [4.78, 5) is 22.3. The zero-order valence-corrected chi connectivity index (χ0v) is 16.5. The highest BCUT2D eigenvalue weighted by atomic mass is 32.1. The van der Waals surface area contributed by atoms with Gasteiger partial charge in [-0.3, -0.25) is 10.1 Å². The summed E-state index contributed by atoms with van der Waals surface area (Å²) in [7, 11) is 0. The van der Waals surface area contributed by atoms with E-state index in [4.69, 9.17) is 4.98 Å². The van der Waals surface area contributed by atoms with Crippen molar-refractivity contribution in [1.82, 2.24) is 19.7 Å². The number of carbonyl (C=O) groups excluding carboxylic acids is 1. The van der Waals surface area contributed by atoms with Gasteiger partial charge >= 0.3 is 0 Å². The maximum absolute atomic E-state index is 13.0. The first-order valence-electron chi connectivity index (χ1n) is 8.99. The van der Waals surface area contributed by atoms with Crippen LogP contribution in [0.15, 0.2) is 36.5 Å². The van der Waals surface area contributed by atoms with Crippen LogP contribution in [-0.2, 0) is 0 Å². The molecule has 0 aliphatic rings. The molecular weight excluding hydrogens is 358 g/mol. The number of aromatic nitrogens is 4. The smallest absolute Gasteiger partial charge is 0.258 e. The van der Waals surface area contributed by atoms with E-state index in [1.165, 1.54) is 11.3 Å². The molecule has 0 saturated carbocycles. The Kier molecular flexibility index (Phi) is 4.39. The number of rotatable bonds is 4. The van der Waals surface area contributed by atoms with Gasteiger partial charge in [0.05, 0.1) is 27.4 Å². The number of fused-ring (bicyclic) bond motifs is 2. The van der Waals surface area contributed by atoms with E-state index in [-0.39, 0.29) is 17.9 Å². The Labute approximate surface area is 161 Å². The highest BCUT2D eigenvalue weighted by Gasteiger charge is 2.20. The molecule has 0 fully saturated rings. The summed E-state index contributed by atoms with van der Waals surface area (Å²) in [5, 5.41) is 8.74. The molecule has 0 spiro atoms. The highest BCUT2D eigenvalue weighted by Crippen LogP contribution is 2.28. The minimum atomic E-state index is -0.188. The molecule has 0 unspecified atom stereocenters. The quantitative estimate of drug-likeness (QED) is 0.542. The molecule has 3 aromatic heterocycles. The number of hydrogen-bond donors (Lipinski definition) is 1.